The molecule has 208 valence electrons. The first kappa shape index (κ1) is 30.7. The van der Waals surface area contributed by atoms with Crippen LogP contribution in [0.2, 0.25) is 0 Å². The molecule has 0 aliphatic rings. The van der Waals surface area contributed by atoms with Crippen LogP contribution in [0.5, 0.6) is 5.75 Å². The highest BCUT2D eigenvalue weighted by atomic mass is 19.1. The number of carbonyl (C=O) groups excluding carboxylic acids is 3. The Balaban J connectivity index is 2.12. The maximum Gasteiger partial charge on any atom is 0.247 e. The topological polar surface area (TPSA) is 166 Å². The second-order valence-corrected chi connectivity index (χ2v) is 9.15. The molecule has 0 saturated carbocycles. The summed E-state index contributed by atoms with van der Waals surface area (Å²) >= 11 is 0. The number of nitrogens with zero attached hydrogens (tertiary/aromatic N) is 1. The number of amides is 3. The Kier molecular flexibility index (Phi) is 12.6. The van der Waals surface area contributed by atoms with Gasteiger partial charge in [-0.25, -0.2) is 4.39 Å². The molecule has 0 radical (unpaired) electrons. The molecule has 2 atom stereocenters. The van der Waals surface area contributed by atoms with Crippen molar-refractivity contribution in [3.8, 4) is 5.75 Å². The molecule has 8 N–H and O–H groups in total. The van der Waals surface area contributed by atoms with Crippen LogP contribution in [-0.2, 0) is 20.8 Å². The average molecular weight is 531 g/mol. The van der Waals surface area contributed by atoms with Crippen LogP contribution in [0, 0.1) is 5.82 Å². The van der Waals surface area contributed by atoms with Gasteiger partial charge in [-0.2, -0.15) is 0 Å². The number of nitrogens with two attached hydrogens (primary N) is 3. The van der Waals surface area contributed by atoms with E-state index in [1.165, 1.54) is 17.0 Å². The predicted octanol–water partition coefficient (Wildman–Crippen LogP) is 1.13. The van der Waals surface area contributed by atoms with E-state index in [1.54, 1.807) is 6.07 Å². The summed E-state index contributed by atoms with van der Waals surface area (Å²) < 4.78 is 20.1. The van der Waals surface area contributed by atoms with Gasteiger partial charge in [0.1, 0.15) is 17.6 Å². The molecular formula is C27H39FN6O4. The fourth-order valence-corrected chi connectivity index (χ4v) is 3.75. The zero-order valence-corrected chi connectivity index (χ0v) is 22.0. The Labute approximate surface area is 223 Å². The van der Waals surface area contributed by atoms with Gasteiger partial charge in [-0.1, -0.05) is 30.3 Å². The average Bonchev–Trinajstić information content (AvgIpc) is 2.87. The second-order valence-electron chi connectivity index (χ2n) is 9.15. The fraction of sp³-hybridized carbons (Fsp3) is 0.444. The van der Waals surface area contributed by atoms with Gasteiger partial charge < -0.3 is 37.5 Å². The number of halogens is 1. The van der Waals surface area contributed by atoms with E-state index in [0.29, 0.717) is 25.3 Å². The van der Waals surface area contributed by atoms with E-state index in [-0.39, 0.29) is 43.6 Å². The molecule has 0 aliphatic carbocycles. The number of aryl methyl sites for hydroxylation is 1. The van der Waals surface area contributed by atoms with E-state index in [4.69, 9.17) is 21.9 Å². The summed E-state index contributed by atoms with van der Waals surface area (Å²) in [4.78, 5) is 40.0. The first-order valence-corrected chi connectivity index (χ1v) is 12.7. The van der Waals surface area contributed by atoms with Crippen LogP contribution >= 0.6 is 0 Å². The summed E-state index contributed by atoms with van der Waals surface area (Å²) in [6.45, 7) is 4.71. The molecule has 38 heavy (non-hydrogen) atoms. The van der Waals surface area contributed by atoms with Gasteiger partial charge >= 0.3 is 0 Å². The normalized spacial score (nSPS) is 12.5. The molecule has 2 rings (SSSR count). The van der Waals surface area contributed by atoms with Gasteiger partial charge in [0.15, 0.2) is 0 Å². The smallest absolute Gasteiger partial charge is 0.247 e. The Bertz CT molecular complexity index is 1050. The molecule has 2 aromatic carbocycles. The van der Waals surface area contributed by atoms with Gasteiger partial charge in [-0.05, 0) is 44.4 Å². The van der Waals surface area contributed by atoms with E-state index >= 15 is 0 Å². The predicted molar refractivity (Wildman–Crippen MR) is 145 cm³/mol. The third-order valence-corrected chi connectivity index (χ3v) is 5.65. The summed E-state index contributed by atoms with van der Waals surface area (Å²) in [5.41, 5.74) is 18.0. The molecule has 0 spiro atoms. The van der Waals surface area contributed by atoms with Crippen LogP contribution in [-0.4, -0.2) is 67.0 Å². The molecule has 3 amide bonds. The first-order chi connectivity index (χ1) is 18.1. The van der Waals surface area contributed by atoms with Gasteiger partial charge in [0.05, 0.1) is 24.3 Å². The molecule has 10 nitrogen and oxygen atoms in total. The highest BCUT2D eigenvalue weighted by Crippen LogP contribution is 2.22. The Hall–Kier alpha value is -3.54. The molecule has 0 aromatic heterocycles. The third-order valence-electron chi connectivity index (χ3n) is 5.65. The zero-order chi connectivity index (χ0) is 28.1. The summed E-state index contributed by atoms with van der Waals surface area (Å²) in [5.74, 6) is -1.99. The Morgan fingerprint density at radius 3 is 2.24 bits per heavy atom. The van der Waals surface area contributed by atoms with Crippen LogP contribution < -0.4 is 32.6 Å². The SMILES string of the molecule is CC(C)Oc1ccc(NC(=O)[C@H](CCc2ccccc2)NC(=O)[C@@H](N)CC(=O)N(CCN)CCN)c(F)c1. The number of hydrogen-bond acceptors (Lipinski definition) is 7. The van der Waals surface area contributed by atoms with Crippen LogP contribution in [0.1, 0.15) is 32.3 Å². The Morgan fingerprint density at radius 2 is 1.66 bits per heavy atom. The maximum atomic E-state index is 14.6. The van der Waals surface area contributed by atoms with Crippen LogP contribution in [0.4, 0.5) is 10.1 Å². The van der Waals surface area contributed by atoms with Crippen molar-refractivity contribution in [3.63, 3.8) is 0 Å². The maximum absolute atomic E-state index is 14.6. The lowest BCUT2D eigenvalue weighted by Crippen LogP contribution is -2.52. The summed E-state index contributed by atoms with van der Waals surface area (Å²) in [6.07, 6.45) is 0.286. The van der Waals surface area contributed by atoms with E-state index in [1.807, 2.05) is 44.2 Å². The van der Waals surface area contributed by atoms with E-state index < -0.39 is 29.7 Å². The number of ether oxygens (including phenoxy) is 1. The third kappa shape index (κ3) is 10.1. The van der Waals surface area contributed by atoms with Gasteiger partial charge in [0, 0.05) is 32.2 Å². The van der Waals surface area contributed by atoms with Crippen molar-refractivity contribution in [1.29, 1.82) is 0 Å². The molecule has 0 bridgehead atoms. The molecular weight excluding hydrogens is 491 g/mol. The monoisotopic (exact) mass is 530 g/mol. The van der Waals surface area contributed by atoms with E-state index in [0.717, 1.165) is 5.56 Å². The molecule has 2 aromatic rings. The van der Waals surface area contributed by atoms with Crippen LogP contribution in [0.3, 0.4) is 0 Å². The standard InChI is InChI=1S/C27H39FN6O4/c1-18(2)38-20-9-11-23(21(28)16-20)32-27(37)24(10-8-19-6-4-3-5-7-19)33-26(36)22(31)17-25(35)34(14-12-29)15-13-30/h3-7,9,11,16,18,22,24H,8,10,12-15,17,29-31H2,1-2H3,(H,32,37)(H,33,36)/t22-,24-/m0/s1. The van der Waals surface area contributed by atoms with Crippen molar-refractivity contribution in [2.24, 2.45) is 17.2 Å². The summed E-state index contributed by atoms with van der Waals surface area (Å²) in [6, 6.07) is 11.3. The number of carbonyl (C=O) groups is 3. The van der Waals surface area contributed by atoms with Crippen LogP contribution in [0.15, 0.2) is 48.5 Å². The van der Waals surface area contributed by atoms with Gasteiger partial charge in [0.2, 0.25) is 17.7 Å². The quantitative estimate of drug-likeness (QED) is 0.230. The van der Waals surface area contributed by atoms with Gasteiger partial charge in [-0.15, -0.1) is 0 Å². The number of benzene rings is 2. The summed E-state index contributed by atoms with van der Waals surface area (Å²) in [5, 5.41) is 5.16. The second kappa shape index (κ2) is 15.7. The molecule has 0 fully saturated rings. The van der Waals surface area contributed by atoms with Crippen molar-refractivity contribution >= 4 is 23.4 Å². The van der Waals surface area contributed by atoms with Crippen LogP contribution in [0.25, 0.3) is 0 Å². The molecule has 0 heterocycles. The lowest BCUT2D eigenvalue weighted by Gasteiger charge is -2.24. The number of anilines is 1. The molecule has 11 heteroatoms. The zero-order valence-electron chi connectivity index (χ0n) is 22.0. The van der Waals surface area contributed by atoms with Crippen molar-refractivity contribution in [2.75, 3.05) is 31.5 Å². The number of nitrogens with one attached hydrogen (secondary N) is 2. The first-order valence-electron chi connectivity index (χ1n) is 12.7. The molecule has 0 aliphatic heterocycles. The minimum Gasteiger partial charge on any atom is -0.491 e. The van der Waals surface area contributed by atoms with Crippen molar-refractivity contribution in [1.82, 2.24) is 10.2 Å². The minimum absolute atomic E-state index is 0.0521. The van der Waals surface area contributed by atoms with Crippen molar-refractivity contribution in [3.05, 3.63) is 59.9 Å². The lowest BCUT2D eigenvalue weighted by atomic mass is 10.0. The number of rotatable bonds is 15. The lowest BCUT2D eigenvalue weighted by molar-refractivity contribution is -0.134. The molecule has 0 unspecified atom stereocenters. The number of hydrogen-bond donors (Lipinski definition) is 5. The van der Waals surface area contributed by atoms with E-state index in [9.17, 15) is 18.8 Å². The fourth-order valence-electron chi connectivity index (χ4n) is 3.75. The van der Waals surface area contributed by atoms with E-state index in [2.05, 4.69) is 10.6 Å². The van der Waals surface area contributed by atoms with Gasteiger partial charge in [-0.3, -0.25) is 14.4 Å². The van der Waals surface area contributed by atoms with Gasteiger partial charge in [0.25, 0.3) is 0 Å². The molecule has 0 saturated heterocycles. The highest BCUT2D eigenvalue weighted by Gasteiger charge is 2.27. The Morgan fingerprint density at radius 1 is 1.00 bits per heavy atom. The van der Waals surface area contributed by atoms with Crippen molar-refractivity contribution < 1.29 is 23.5 Å². The summed E-state index contributed by atoms with van der Waals surface area (Å²) in [7, 11) is 0. The largest absolute Gasteiger partial charge is 0.491 e. The minimum atomic E-state index is -1.20. The highest BCUT2D eigenvalue weighted by molar-refractivity contribution is 5.98. The van der Waals surface area contributed by atoms with Crippen molar-refractivity contribution in [2.45, 2.75) is 51.3 Å².